The molecule has 0 bridgehead atoms. The maximum absolute atomic E-state index is 3.38. The first-order valence-corrected chi connectivity index (χ1v) is 4.86. The highest BCUT2D eigenvalue weighted by molar-refractivity contribution is 9.10. The summed E-state index contributed by atoms with van der Waals surface area (Å²) in [5.41, 5.74) is 1.09. The fourth-order valence-corrected chi connectivity index (χ4v) is 1.09. The van der Waals surface area contributed by atoms with Crippen LogP contribution in [-0.2, 0) is 0 Å². The zero-order chi connectivity index (χ0) is 8.81. The van der Waals surface area contributed by atoms with E-state index in [2.05, 4.69) is 34.7 Å². The Morgan fingerprint density at radius 1 is 1.25 bits per heavy atom. The maximum Gasteiger partial charge on any atom is 0.0246 e. The lowest BCUT2D eigenvalue weighted by Crippen LogP contribution is -1.72. The topological polar surface area (TPSA) is 0 Å². The molecule has 0 fully saturated rings. The van der Waals surface area contributed by atoms with Crippen LogP contribution in [-0.4, -0.2) is 0 Å². The molecule has 0 spiro atoms. The van der Waals surface area contributed by atoms with Crippen molar-refractivity contribution < 1.29 is 0 Å². The first-order chi connectivity index (χ1) is 5.83. The van der Waals surface area contributed by atoms with Gasteiger partial charge in [-0.3, -0.25) is 0 Å². The summed E-state index contributed by atoms with van der Waals surface area (Å²) in [6, 6.07) is 8.06. The lowest BCUT2D eigenvalue weighted by Gasteiger charge is -1.89. The Kier molecular flexibility index (Phi) is 3.90. The average molecular weight is 223 g/mol. The standard InChI is InChI=1S/C11H11Br/c1-2-3-4-5-10-6-8-11(12)9-7-10/h6-9H,2-3H2,1H3. The van der Waals surface area contributed by atoms with Gasteiger partial charge in [-0.25, -0.2) is 0 Å². The van der Waals surface area contributed by atoms with Crippen LogP contribution in [0.3, 0.4) is 0 Å². The van der Waals surface area contributed by atoms with Gasteiger partial charge in [-0.05, 0) is 30.7 Å². The Balaban J connectivity index is 2.66. The third kappa shape index (κ3) is 3.11. The van der Waals surface area contributed by atoms with Gasteiger partial charge < -0.3 is 0 Å². The van der Waals surface area contributed by atoms with Crippen LogP contribution < -0.4 is 0 Å². The summed E-state index contributed by atoms with van der Waals surface area (Å²) in [7, 11) is 0. The summed E-state index contributed by atoms with van der Waals surface area (Å²) in [4.78, 5) is 0. The van der Waals surface area contributed by atoms with E-state index in [9.17, 15) is 0 Å². The van der Waals surface area contributed by atoms with Crippen molar-refractivity contribution in [3.63, 3.8) is 0 Å². The van der Waals surface area contributed by atoms with Crippen LogP contribution in [0.15, 0.2) is 28.7 Å². The number of benzene rings is 1. The van der Waals surface area contributed by atoms with E-state index in [0.29, 0.717) is 0 Å². The molecule has 0 amide bonds. The Bertz CT molecular complexity index is 287. The van der Waals surface area contributed by atoms with Crippen molar-refractivity contribution in [1.29, 1.82) is 0 Å². The Morgan fingerprint density at radius 3 is 2.50 bits per heavy atom. The number of rotatable bonds is 1. The van der Waals surface area contributed by atoms with Crippen molar-refractivity contribution in [2.75, 3.05) is 0 Å². The predicted molar refractivity (Wildman–Crippen MR) is 55.9 cm³/mol. The minimum atomic E-state index is 0.982. The third-order valence-electron chi connectivity index (χ3n) is 1.45. The average Bonchev–Trinajstić information content (AvgIpc) is 2.09. The van der Waals surface area contributed by atoms with Gasteiger partial charge >= 0.3 is 0 Å². The first-order valence-electron chi connectivity index (χ1n) is 4.07. The number of hydrogen-bond acceptors (Lipinski definition) is 0. The van der Waals surface area contributed by atoms with E-state index in [1.807, 2.05) is 24.3 Å². The molecule has 0 aromatic heterocycles. The summed E-state index contributed by atoms with van der Waals surface area (Å²) in [6.07, 6.45) is 2.11. The van der Waals surface area contributed by atoms with Gasteiger partial charge in [-0.15, -0.1) is 0 Å². The second-order valence-electron chi connectivity index (χ2n) is 2.56. The molecule has 0 N–H and O–H groups in total. The minimum absolute atomic E-state index is 0.982. The molecule has 0 aliphatic heterocycles. The minimum Gasteiger partial charge on any atom is -0.0979 e. The van der Waals surface area contributed by atoms with Crippen molar-refractivity contribution in [2.24, 2.45) is 0 Å². The van der Waals surface area contributed by atoms with Gasteiger partial charge in [-0.1, -0.05) is 34.7 Å². The Morgan fingerprint density at radius 2 is 1.92 bits per heavy atom. The molecule has 0 heterocycles. The first kappa shape index (κ1) is 9.35. The van der Waals surface area contributed by atoms with E-state index in [4.69, 9.17) is 0 Å². The highest BCUT2D eigenvalue weighted by Gasteiger charge is 1.85. The van der Waals surface area contributed by atoms with E-state index < -0.39 is 0 Å². The van der Waals surface area contributed by atoms with Crippen molar-refractivity contribution >= 4 is 15.9 Å². The Hall–Kier alpha value is -0.740. The van der Waals surface area contributed by atoms with E-state index in [0.717, 1.165) is 22.9 Å². The molecule has 0 aliphatic carbocycles. The summed E-state index contributed by atoms with van der Waals surface area (Å²) >= 11 is 3.38. The van der Waals surface area contributed by atoms with Crippen LogP contribution in [0, 0.1) is 11.8 Å². The van der Waals surface area contributed by atoms with Crippen LogP contribution in [0.2, 0.25) is 0 Å². The lowest BCUT2D eigenvalue weighted by molar-refractivity contribution is 0.983. The molecule has 0 nitrogen and oxygen atoms in total. The van der Waals surface area contributed by atoms with Crippen LogP contribution in [0.1, 0.15) is 25.3 Å². The van der Waals surface area contributed by atoms with Gasteiger partial charge in [0.05, 0.1) is 0 Å². The zero-order valence-electron chi connectivity index (χ0n) is 7.10. The van der Waals surface area contributed by atoms with Crippen molar-refractivity contribution in [2.45, 2.75) is 19.8 Å². The molecule has 0 atom stereocenters. The smallest absolute Gasteiger partial charge is 0.0246 e. The van der Waals surface area contributed by atoms with Gasteiger partial charge in [-0.2, -0.15) is 0 Å². The molecule has 12 heavy (non-hydrogen) atoms. The van der Waals surface area contributed by atoms with Crippen LogP contribution >= 0.6 is 15.9 Å². The van der Waals surface area contributed by atoms with Gasteiger partial charge in [0.15, 0.2) is 0 Å². The summed E-state index contributed by atoms with van der Waals surface area (Å²) in [6.45, 7) is 2.14. The summed E-state index contributed by atoms with van der Waals surface area (Å²) < 4.78 is 1.10. The van der Waals surface area contributed by atoms with E-state index in [1.54, 1.807) is 0 Å². The molecule has 1 heteroatoms. The van der Waals surface area contributed by atoms with E-state index in [-0.39, 0.29) is 0 Å². The summed E-state index contributed by atoms with van der Waals surface area (Å²) in [5.74, 6) is 6.21. The molecule has 0 saturated carbocycles. The Labute approximate surface area is 82.1 Å². The van der Waals surface area contributed by atoms with Crippen molar-refractivity contribution in [3.8, 4) is 11.8 Å². The molecule has 0 radical (unpaired) electrons. The predicted octanol–water partition coefficient (Wildman–Crippen LogP) is 3.60. The normalized spacial score (nSPS) is 8.83. The summed E-state index contributed by atoms with van der Waals surface area (Å²) in [5, 5.41) is 0. The molecule has 1 aromatic carbocycles. The van der Waals surface area contributed by atoms with Crippen molar-refractivity contribution in [3.05, 3.63) is 34.3 Å². The molecular formula is C11H11Br. The monoisotopic (exact) mass is 222 g/mol. The van der Waals surface area contributed by atoms with Gasteiger partial charge in [0, 0.05) is 16.5 Å². The maximum atomic E-state index is 3.38. The molecule has 0 unspecified atom stereocenters. The van der Waals surface area contributed by atoms with Crippen LogP contribution in [0.25, 0.3) is 0 Å². The second kappa shape index (κ2) is 5.00. The molecule has 62 valence electrons. The SMILES string of the molecule is CCCC#Cc1ccc(Br)cc1. The van der Waals surface area contributed by atoms with Gasteiger partial charge in [0.1, 0.15) is 0 Å². The largest absolute Gasteiger partial charge is 0.0979 e. The quantitative estimate of drug-likeness (QED) is 0.638. The highest BCUT2D eigenvalue weighted by atomic mass is 79.9. The third-order valence-corrected chi connectivity index (χ3v) is 1.98. The molecule has 0 saturated heterocycles. The number of halogens is 1. The number of unbranched alkanes of at least 4 members (excludes halogenated alkanes) is 1. The fourth-order valence-electron chi connectivity index (χ4n) is 0.823. The van der Waals surface area contributed by atoms with E-state index >= 15 is 0 Å². The molecule has 1 rings (SSSR count). The zero-order valence-corrected chi connectivity index (χ0v) is 8.69. The van der Waals surface area contributed by atoms with Crippen LogP contribution in [0.5, 0.6) is 0 Å². The van der Waals surface area contributed by atoms with Crippen molar-refractivity contribution in [1.82, 2.24) is 0 Å². The molecule has 0 aliphatic rings. The second-order valence-corrected chi connectivity index (χ2v) is 3.47. The lowest BCUT2D eigenvalue weighted by atomic mass is 10.2. The van der Waals surface area contributed by atoms with Gasteiger partial charge in [0.25, 0.3) is 0 Å². The van der Waals surface area contributed by atoms with Crippen LogP contribution in [0.4, 0.5) is 0 Å². The number of hydrogen-bond donors (Lipinski definition) is 0. The molecular weight excluding hydrogens is 212 g/mol. The highest BCUT2D eigenvalue weighted by Crippen LogP contribution is 2.09. The van der Waals surface area contributed by atoms with Gasteiger partial charge in [0.2, 0.25) is 0 Å². The van der Waals surface area contributed by atoms with E-state index in [1.165, 1.54) is 0 Å². The fraction of sp³-hybridized carbons (Fsp3) is 0.273. The molecule has 1 aromatic rings.